The van der Waals surface area contributed by atoms with Gasteiger partial charge in [0.1, 0.15) is 11.6 Å². The standard InChI is InChI=1S/C8H13F3N4/c1-6-13-7(2)15(14-6)4-3-12-5-8(9,10)11/h12H,3-5H2,1-2H3. The van der Waals surface area contributed by atoms with Gasteiger partial charge in [0.15, 0.2) is 0 Å². The molecule has 0 aliphatic heterocycles. The summed E-state index contributed by atoms with van der Waals surface area (Å²) in [6, 6.07) is 0. The second-order valence-corrected chi connectivity index (χ2v) is 3.22. The van der Waals surface area contributed by atoms with Crippen LogP contribution in [-0.4, -0.2) is 34.0 Å². The van der Waals surface area contributed by atoms with Gasteiger partial charge in [-0.1, -0.05) is 0 Å². The summed E-state index contributed by atoms with van der Waals surface area (Å²) in [7, 11) is 0. The number of hydrogen-bond donors (Lipinski definition) is 1. The molecule has 0 aromatic carbocycles. The van der Waals surface area contributed by atoms with Gasteiger partial charge >= 0.3 is 6.18 Å². The zero-order chi connectivity index (χ0) is 11.5. The number of aromatic nitrogens is 3. The van der Waals surface area contributed by atoms with Gasteiger partial charge in [0, 0.05) is 6.54 Å². The van der Waals surface area contributed by atoms with Crippen LogP contribution in [0.3, 0.4) is 0 Å². The molecule has 4 nitrogen and oxygen atoms in total. The van der Waals surface area contributed by atoms with Crippen molar-refractivity contribution in [1.82, 2.24) is 20.1 Å². The molecule has 0 saturated carbocycles. The first kappa shape index (κ1) is 12.0. The number of nitrogens with zero attached hydrogens (tertiary/aromatic N) is 3. The predicted octanol–water partition coefficient (Wildman–Crippen LogP) is 1.05. The molecule has 0 aliphatic carbocycles. The molecule has 0 bridgehead atoms. The summed E-state index contributed by atoms with van der Waals surface area (Å²) in [5.41, 5.74) is 0. The minimum absolute atomic E-state index is 0.225. The molecular weight excluding hydrogens is 209 g/mol. The first-order valence-corrected chi connectivity index (χ1v) is 4.54. The molecule has 1 heterocycles. The van der Waals surface area contributed by atoms with Crippen LogP contribution in [0.15, 0.2) is 0 Å². The zero-order valence-corrected chi connectivity index (χ0v) is 8.60. The van der Waals surface area contributed by atoms with E-state index >= 15 is 0 Å². The van der Waals surface area contributed by atoms with Crippen molar-refractivity contribution in [3.63, 3.8) is 0 Å². The molecule has 1 aromatic rings. The van der Waals surface area contributed by atoms with Gasteiger partial charge in [0.25, 0.3) is 0 Å². The quantitative estimate of drug-likeness (QED) is 0.774. The molecule has 0 atom stereocenters. The van der Waals surface area contributed by atoms with Gasteiger partial charge in [-0.15, -0.1) is 0 Å². The molecular formula is C8H13F3N4. The van der Waals surface area contributed by atoms with Gasteiger partial charge in [0.05, 0.1) is 13.1 Å². The fraction of sp³-hybridized carbons (Fsp3) is 0.750. The van der Waals surface area contributed by atoms with Gasteiger partial charge in [-0.2, -0.15) is 18.3 Å². The van der Waals surface area contributed by atoms with Crippen molar-refractivity contribution in [2.24, 2.45) is 0 Å². The van der Waals surface area contributed by atoms with Gasteiger partial charge in [-0.3, -0.25) is 0 Å². The van der Waals surface area contributed by atoms with Crippen molar-refractivity contribution in [2.45, 2.75) is 26.6 Å². The van der Waals surface area contributed by atoms with E-state index in [2.05, 4.69) is 15.4 Å². The second kappa shape index (κ2) is 4.61. The summed E-state index contributed by atoms with van der Waals surface area (Å²) in [5.74, 6) is 1.34. The maximum Gasteiger partial charge on any atom is 0.401 e. The van der Waals surface area contributed by atoms with Crippen LogP contribution in [-0.2, 0) is 6.54 Å². The minimum Gasteiger partial charge on any atom is -0.307 e. The number of hydrogen-bond acceptors (Lipinski definition) is 3. The topological polar surface area (TPSA) is 42.7 Å². The Bertz CT molecular complexity index is 318. The van der Waals surface area contributed by atoms with Crippen LogP contribution in [0.4, 0.5) is 13.2 Å². The van der Waals surface area contributed by atoms with Gasteiger partial charge in [0.2, 0.25) is 0 Å². The average molecular weight is 222 g/mol. The third-order valence-corrected chi connectivity index (χ3v) is 1.79. The molecule has 1 N–H and O–H groups in total. The lowest BCUT2D eigenvalue weighted by Crippen LogP contribution is -2.31. The van der Waals surface area contributed by atoms with Crippen LogP contribution in [0.2, 0.25) is 0 Å². The van der Waals surface area contributed by atoms with E-state index in [1.165, 1.54) is 0 Å². The van der Waals surface area contributed by atoms with Gasteiger partial charge < -0.3 is 5.32 Å². The zero-order valence-electron chi connectivity index (χ0n) is 8.60. The third-order valence-electron chi connectivity index (χ3n) is 1.79. The minimum atomic E-state index is -4.16. The predicted molar refractivity (Wildman–Crippen MR) is 48.4 cm³/mol. The SMILES string of the molecule is Cc1nc(C)n(CCNCC(F)(F)F)n1. The summed E-state index contributed by atoms with van der Waals surface area (Å²) in [6.45, 7) is 3.15. The Morgan fingerprint density at radius 1 is 1.33 bits per heavy atom. The molecule has 15 heavy (non-hydrogen) atoms. The van der Waals surface area contributed by atoms with Crippen molar-refractivity contribution < 1.29 is 13.2 Å². The highest BCUT2D eigenvalue weighted by Crippen LogP contribution is 2.11. The monoisotopic (exact) mass is 222 g/mol. The van der Waals surface area contributed by atoms with E-state index in [-0.39, 0.29) is 6.54 Å². The fourth-order valence-corrected chi connectivity index (χ4v) is 1.19. The molecule has 1 rings (SSSR count). The molecule has 0 spiro atoms. The summed E-state index contributed by atoms with van der Waals surface area (Å²) in [4.78, 5) is 4.04. The number of halogens is 3. The molecule has 86 valence electrons. The van der Waals surface area contributed by atoms with E-state index in [0.717, 1.165) is 0 Å². The Labute approximate surface area is 85.5 Å². The molecule has 0 radical (unpaired) electrons. The Hall–Kier alpha value is -1.11. The van der Waals surface area contributed by atoms with Crippen LogP contribution in [0, 0.1) is 13.8 Å². The first-order chi connectivity index (χ1) is 6.88. The van der Waals surface area contributed by atoms with Crippen molar-refractivity contribution in [3.8, 4) is 0 Å². The number of aryl methyl sites for hydroxylation is 2. The summed E-state index contributed by atoms with van der Waals surface area (Å²) in [6.07, 6.45) is -4.16. The largest absolute Gasteiger partial charge is 0.401 e. The van der Waals surface area contributed by atoms with Crippen LogP contribution in [0.25, 0.3) is 0 Å². The molecule has 0 unspecified atom stereocenters. The highest BCUT2D eigenvalue weighted by atomic mass is 19.4. The molecule has 0 saturated heterocycles. The maximum atomic E-state index is 11.8. The molecule has 1 aromatic heterocycles. The van der Waals surface area contributed by atoms with Crippen molar-refractivity contribution in [1.29, 1.82) is 0 Å². The maximum absolute atomic E-state index is 11.8. The summed E-state index contributed by atoms with van der Waals surface area (Å²) >= 11 is 0. The highest BCUT2D eigenvalue weighted by molar-refractivity contribution is 4.87. The van der Waals surface area contributed by atoms with Crippen LogP contribution >= 0.6 is 0 Å². The van der Waals surface area contributed by atoms with Crippen LogP contribution < -0.4 is 5.32 Å². The lowest BCUT2D eigenvalue weighted by Gasteiger charge is -2.08. The first-order valence-electron chi connectivity index (χ1n) is 4.54. The molecule has 0 fully saturated rings. The van der Waals surface area contributed by atoms with E-state index in [9.17, 15) is 13.2 Å². The smallest absolute Gasteiger partial charge is 0.307 e. The van der Waals surface area contributed by atoms with Crippen LogP contribution in [0.1, 0.15) is 11.6 Å². The van der Waals surface area contributed by atoms with E-state index in [1.54, 1.807) is 18.5 Å². The van der Waals surface area contributed by atoms with Crippen molar-refractivity contribution >= 4 is 0 Å². The fourth-order valence-electron chi connectivity index (χ4n) is 1.19. The lowest BCUT2D eigenvalue weighted by molar-refractivity contribution is -0.124. The molecule has 0 amide bonds. The Morgan fingerprint density at radius 2 is 2.00 bits per heavy atom. The Kier molecular flexibility index (Phi) is 3.67. The lowest BCUT2D eigenvalue weighted by atomic mass is 10.5. The Morgan fingerprint density at radius 3 is 2.47 bits per heavy atom. The number of alkyl halides is 3. The van der Waals surface area contributed by atoms with Crippen molar-refractivity contribution in [2.75, 3.05) is 13.1 Å². The molecule has 0 aliphatic rings. The van der Waals surface area contributed by atoms with Crippen molar-refractivity contribution in [3.05, 3.63) is 11.6 Å². The van der Waals surface area contributed by atoms with E-state index in [0.29, 0.717) is 18.2 Å². The Balaban J connectivity index is 2.29. The number of rotatable bonds is 4. The normalized spacial score (nSPS) is 12.1. The van der Waals surface area contributed by atoms with E-state index in [4.69, 9.17) is 0 Å². The van der Waals surface area contributed by atoms with E-state index < -0.39 is 12.7 Å². The van der Waals surface area contributed by atoms with Crippen LogP contribution in [0.5, 0.6) is 0 Å². The van der Waals surface area contributed by atoms with Gasteiger partial charge in [-0.25, -0.2) is 9.67 Å². The van der Waals surface area contributed by atoms with Gasteiger partial charge in [-0.05, 0) is 13.8 Å². The highest BCUT2D eigenvalue weighted by Gasteiger charge is 2.25. The second-order valence-electron chi connectivity index (χ2n) is 3.22. The summed E-state index contributed by atoms with van der Waals surface area (Å²) in [5, 5.41) is 6.33. The molecule has 7 heteroatoms. The van der Waals surface area contributed by atoms with E-state index in [1.807, 2.05) is 0 Å². The average Bonchev–Trinajstić information content (AvgIpc) is 2.37. The number of nitrogens with one attached hydrogen (secondary N) is 1. The third kappa shape index (κ3) is 4.28. The summed E-state index contributed by atoms with van der Waals surface area (Å²) < 4.78 is 36.9.